The van der Waals surface area contributed by atoms with Crippen molar-refractivity contribution in [2.24, 2.45) is 0 Å². The van der Waals surface area contributed by atoms with Crippen LogP contribution in [-0.4, -0.2) is 47.6 Å². The topological polar surface area (TPSA) is 35.5 Å². The first-order valence-electron chi connectivity index (χ1n) is 10.4. The molecular weight excluding hydrogens is 358 g/mol. The lowest BCUT2D eigenvalue weighted by Crippen LogP contribution is -2.46. The maximum Gasteiger partial charge on any atom is 0.232 e. The summed E-state index contributed by atoms with van der Waals surface area (Å²) in [5.41, 5.74) is 3.51. The fraction of sp³-hybridized carbons (Fsp3) is 0.333. The molecule has 1 aliphatic rings. The minimum Gasteiger partial charge on any atom is -0.354 e. The summed E-state index contributed by atoms with van der Waals surface area (Å²) in [6.45, 7) is 10.1. The zero-order chi connectivity index (χ0) is 20.1. The number of piperazine rings is 1. The average molecular weight is 388 g/mol. The van der Waals surface area contributed by atoms with E-state index in [1.54, 1.807) is 0 Å². The van der Waals surface area contributed by atoms with Gasteiger partial charge in [-0.3, -0.25) is 4.90 Å². The highest BCUT2D eigenvalue weighted by atomic mass is 15.3. The van der Waals surface area contributed by atoms with Gasteiger partial charge >= 0.3 is 0 Å². The van der Waals surface area contributed by atoms with Crippen LogP contribution in [0, 0.1) is 6.92 Å². The molecule has 1 saturated heterocycles. The first-order valence-corrected chi connectivity index (χ1v) is 10.4. The predicted octanol–water partition coefficient (Wildman–Crippen LogP) is 4.27. The summed E-state index contributed by atoms with van der Waals surface area (Å²) < 4.78 is 0. The third-order valence-electron chi connectivity index (χ3n) is 5.40. The minimum atomic E-state index is 0.778. The van der Waals surface area contributed by atoms with Crippen molar-refractivity contribution >= 4 is 17.5 Å². The van der Waals surface area contributed by atoms with Gasteiger partial charge in [0.1, 0.15) is 5.82 Å². The molecule has 2 aromatic carbocycles. The van der Waals surface area contributed by atoms with E-state index in [0.717, 1.165) is 62.4 Å². The summed E-state index contributed by atoms with van der Waals surface area (Å²) in [5.74, 6) is 1.81. The van der Waals surface area contributed by atoms with Gasteiger partial charge in [0.05, 0.1) is 0 Å². The number of hydrogen-bond acceptors (Lipinski definition) is 5. The molecule has 5 heteroatoms. The largest absolute Gasteiger partial charge is 0.354 e. The molecule has 0 radical (unpaired) electrons. The predicted molar refractivity (Wildman–Crippen MR) is 120 cm³/mol. The molecule has 0 aliphatic carbocycles. The number of rotatable bonds is 6. The third kappa shape index (κ3) is 4.74. The van der Waals surface area contributed by atoms with Gasteiger partial charge in [0.15, 0.2) is 0 Å². The number of nitrogens with zero attached hydrogens (tertiary/aromatic N) is 5. The van der Waals surface area contributed by atoms with E-state index in [1.807, 2.05) is 6.07 Å². The Morgan fingerprint density at radius 2 is 1.52 bits per heavy atom. The molecule has 3 aromatic rings. The first kappa shape index (κ1) is 19.4. The van der Waals surface area contributed by atoms with Crippen LogP contribution < -0.4 is 9.80 Å². The van der Waals surface area contributed by atoms with Crippen LogP contribution in [0.4, 0.5) is 17.5 Å². The van der Waals surface area contributed by atoms with Gasteiger partial charge in [-0.1, -0.05) is 48.5 Å². The Hall–Kier alpha value is -2.92. The molecule has 0 unspecified atom stereocenters. The highest BCUT2D eigenvalue weighted by Crippen LogP contribution is 2.25. The fourth-order valence-electron chi connectivity index (χ4n) is 3.84. The second-order valence-electron chi connectivity index (χ2n) is 7.50. The molecule has 1 fully saturated rings. The molecule has 0 spiro atoms. The second kappa shape index (κ2) is 9.05. The minimum absolute atomic E-state index is 0.778. The van der Waals surface area contributed by atoms with Gasteiger partial charge in [0.25, 0.3) is 0 Å². The molecule has 0 amide bonds. The first-order chi connectivity index (χ1) is 14.2. The lowest BCUT2D eigenvalue weighted by Gasteiger charge is -2.36. The van der Waals surface area contributed by atoms with Crippen molar-refractivity contribution in [3.8, 4) is 0 Å². The van der Waals surface area contributed by atoms with Crippen LogP contribution in [0.1, 0.15) is 18.2 Å². The van der Waals surface area contributed by atoms with E-state index in [0.29, 0.717) is 0 Å². The van der Waals surface area contributed by atoms with Crippen molar-refractivity contribution in [3.63, 3.8) is 0 Å². The Morgan fingerprint density at radius 1 is 0.862 bits per heavy atom. The third-order valence-corrected chi connectivity index (χ3v) is 5.40. The molecule has 5 nitrogen and oxygen atoms in total. The van der Waals surface area contributed by atoms with Crippen molar-refractivity contribution in [1.29, 1.82) is 0 Å². The molecule has 4 rings (SSSR count). The Labute approximate surface area is 173 Å². The Bertz CT molecular complexity index is 905. The van der Waals surface area contributed by atoms with Crippen molar-refractivity contribution in [1.82, 2.24) is 14.9 Å². The molecule has 0 saturated carbocycles. The van der Waals surface area contributed by atoms with Gasteiger partial charge in [-0.25, -0.2) is 4.98 Å². The SMILES string of the molecule is CCN(c1ccccc1)c1nc(C)cc(N2CCN(Cc3ccccc3)CC2)n1. The van der Waals surface area contributed by atoms with Gasteiger partial charge in [-0.05, 0) is 31.5 Å². The van der Waals surface area contributed by atoms with Gasteiger partial charge in [-0.2, -0.15) is 4.98 Å². The fourth-order valence-corrected chi connectivity index (χ4v) is 3.84. The zero-order valence-corrected chi connectivity index (χ0v) is 17.3. The smallest absolute Gasteiger partial charge is 0.232 e. The lowest BCUT2D eigenvalue weighted by molar-refractivity contribution is 0.249. The van der Waals surface area contributed by atoms with E-state index in [-0.39, 0.29) is 0 Å². The van der Waals surface area contributed by atoms with Crippen molar-refractivity contribution in [3.05, 3.63) is 78.0 Å². The molecule has 150 valence electrons. The molecule has 29 heavy (non-hydrogen) atoms. The second-order valence-corrected chi connectivity index (χ2v) is 7.50. The van der Waals surface area contributed by atoms with Crippen molar-refractivity contribution < 1.29 is 0 Å². The van der Waals surface area contributed by atoms with Crippen LogP contribution in [0.3, 0.4) is 0 Å². The number of hydrogen-bond donors (Lipinski definition) is 0. The summed E-state index contributed by atoms with van der Waals surface area (Å²) >= 11 is 0. The van der Waals surface area contributed by atoms with Crippen LogP contribution in [-0.2, 0) is 6.54 Å². The Balaban J connectivity index is 1.47. The summed E-state index contributed by atoms with van der Waals surface area (Å²) in [4.78, 5) is 16.7. The van der Waals surface area contributed by atoms with Crippen LogP contribution in [0.25, 0.3) is 0 Å². The number of aryl methyl sites for hydroxylation is 1. The molecular formula is C24H29N5. The standard InChI is InChI=1S/C24H29N5/c1-3-29(22-12-8-5-9-13-22)24-25-20(2)18-23(26-24)28-16-14-27(15-17-28)19-21-10-6-4-7-11-21/h4-13,18H,3,14-17,19H2,1-2H3. The highest BCUT2D eigenvalue weighted by Gasteiger charge is 2.20. The van der Waals surface area contributed by atoms with Gasteiger partial charge in [0.2, 0.25) is 5.95 Å². The van der Waals surface area contributed by atoms with Gasteiger partial charge < -0.3 is 9.80 Å². The van der Waals surface area contributed by atoms with E-state index in [2.05, 4.69) is 89.2 Å². The number of para-hydroxylation sites is 1. The van der Waals surface area contributed by atoms with E-state index in [4.69, 9.17) is 9.97 Å². The van der Waals surface area contributed by atoms with Crippen molar-refractivity contribution in [2.75, 3.05) is 42.5 Å². The van der Waals surface area contributed by atoms with Gasteiger partial charge in [0, 0.05) is 56.7 Å². The van der Waals surface area contributed by atoms with Gasteiger partial charge in [-0.15, -0.1) is 0 Å². The van der Waals surface area contributed by atoms with Crippen LogP contribution in [0.2, 0.25) is 0 Å². The summed E-state index contributed by atoms with van der Waals surface area (Å²) in [6.07, 6.45) is 0. The Kier molecular flexibility index (Phi) is 6.06. The lowest BCUT2D eigenvalue weighted by atomic mass is 10.2. The quantitative estimate of drug-likeness (QED) is 0.631. The molecule has 0 N–H and O–H groups in total. The maximum atomic E-state index is 4.94. The maximum absolute atomic E-state index is 4.94. The number of anilines is 3. The van der Waals surface area contributed by atoms with Crippen LogP contribution in [0.15, 0.2) is 66.7 Å². The van der Waals surface area contributed by atoms with E-state index < -0.39 is 0 Å². The molecule has 1 aliphatic heterocycles. The zero-order valence-electron chi connectivity index (χ0n) is 17.3. The summed E-state index contributed by atoms with van der Waals surface area (Å²) in [6, 6.07) is 23.2. The highest BCUT2D eigenvalue weighted by molar-refractivity contribution is 5.59. The normalized spacial score (nSPS) is 14.8. The molecule has 0 atom stereocenters. The summed E-state index contributed by atoms with van der Waals surface area (Å²) in [5, 5.41) is 0. The molecule has 1 aromatic heterocycles. The molecule has 0 bridgehead atoms. The average Bonchev–Trinajstić information content (AvgIpc) is 2.76. The monoisotopic (exact) mass is 387 g/mol. The van der Waals surface area contributed by atoms with Crippen LogP contribution >= 0.6 is 0 Å². The Morgan fingerprint density at radius 3 is 2.17 bits per heavy atom. The number of benzene rings is 2. The van der Waals surface area contributed by atoms with Crippen molar-refractivity contribution in [2.45, 2.75) is 20.4 Å². The summed E-state index contributed by atoms with van der Waals surface area (Å²) in [7, 11) is 0. The van der Waals surface area contributed by atoms with E-state index in [9.17, 15) is 0 Å². The number of aromatic nitrogens is 2. The van der Waals surface area contributed by atoms with E-state index in [1.165, 1.54) is 5.56 Å². The molecule has 2 heterocycles. The van der Waals surface area contributed by atoms with E-state index >= 15 is 0 Å². The van der Waals surface area contributed by atoms with Crippen LogP contribution in [0.5, 0.6) is 0 Å².